The minimum Gasteiger partial charge on any atom is -0.402 e. The van der Waals surface area contributed by atoms with Crippen LogP contribution in [0.2, 0.25) is 0 Å². The van der Waals surface area contributed by atoms with Crippen molar-refractivity contribution in [3.8, 4) is 0 Å². The van der Waals surface area contributed by atoms with Crippen molar-refractivity contribution in [2.75, 3.05) is 19.0 Å². The molecule has 3 N–H and O–H groups in total. The van der Waals surface area contributed by atoms with E-state index in [1.165, 1.54) is 11.3 Å². The van der Waals surface area contributed by atoms with E-state index in [0.29, 0.717) is 10.7 Å². The Hall–Kier alpha value is -3.77. The van der Waals surface area contributed by atoms with Gasteiger partial charge >= 0.3 is 0 Å². The van der Waals surface area contributed by atoms with E-state index in [1.54, 1.807) is 13.2 Å². The standard InChI is InChI=1S/C29H33ClN6/c1-18-7-11-27(35(6)17-32-5)25(13-18)22-14-20(3)36-23(15-22)9-12-28(36)29-33-16-26(34-29)24(21(4)30)10-8-19(2)31/h7-8,10-11,13-17,28H,3-4,9,12,31H2,1-2,5-6H3,(H,33,34)/b19-8+,24-10+,32-17?. The van der Waals surface area contributed by atoms with Crippen molar-refractivity contribution >= 4 is 34.8 Å². The molecule has 1 unspecified atom stereocenters. The van der Waals surface area contributed by atoms with Crippen molar-refractivity contribution in [1.82, 2.24) is 14.9 Å². The summed E-state index contributed by atoms with van der Waals surface area (Å²) in [5.74, 6) is 0.874. The van der Waals surface area contributed by atoms with Crippen molar-refractivity contribution in [3.63, 3.8) is 0 Å². The highest BCUT2D eigenvalue weighted by atomic mass is 35.5. The Morgan fingerprint density at radius 2 is 2.11 bits per heavy atom. The number of hydrogen-bond donors (Lipinski definition) is 2. The number of halogens is 1. The number of aliphatic imine (C=N–C) groups is 1. The first-order chi connectivity index (χ1) is 17.2. The number of imidazole rings is 1. The molecule has 1 aromatic carbocycles. The minimum atomic E-state index is 0.0683. The number of nitrogens with two attached hydrogens (primary N) is 1. The molecule has 186 valence electrons. The fraction of sp³-hybridized carbons (Fsp3) is 0.241. The summed E-state index contributed by atoms with van der Waals surface area (Å²) in [6.45, 7) is 12.3. The normalized spacial score (nSPS) is 18.4. The number of benzene rings is 1. The molecule has 7 heteroatoms. The summed E-state index contributed by atoms with van der Waals surface area (Å²) in [4.78, 5) is 16.7. The Labute approximate surface area is 218 Å². The molecule has 0 amide bonds. The highest BCUT2D eigenvalue weighted by Gasteiger charge is 2.35. The first-order valence-corrected chi connectivity index (χ1v) is 12.3. The summed E-state index contributed by atoms with van der Waals surface area (Å²) < 4.78 is 0. The average molecular weight is 501 g/mol. The molecule has 2 aromatic rings. The van der Waals surface area contributed by atoms with Crippen LogP contribution in [0, 0.1) is 6.92 Å². The van der Waals surface area contributed by atoms with E-state index in [4.69, 9.17) is 22.3 Å². The van der Waals surface area contributed by atoms with E-state index < -0.39 is 0 Å². The lowest BCUT2D eigenvalue weighted by atomic mass is 9.96. The van der Waals surface area contributed by atoms with Crippen molar-refractivity contribution in [3.05, 3.63) is 107 Å². The second-order valence-electron chi connectivity index (χ2n) is 9.23. The average Bonchev–Trinajstić information content (AvgIpc) is 3.46. The number of aryl methyl sites for hydroxylation is 1. The Bertz CT molecular complexity index is 1350. The highest BCUT2D eigenvalue weighted by Crippen LogP contribution is 2.45. The largest absolute Gasteiger partial charge is 0.402 e. The highest BCUT2D eigenvalue weighted by molar-refractivity contribution is 6.36. The Kier molecular flexibility index (Phi) is 7.36. The third-order valence-electron chi connectivity index (χ3n) is 6.39. The van der Waals surface area contributed by atoms with Gasteiger partial charge in [0, 0.05) is 53.0 Å². The zero-order chi connectivity index (χ0) is 26.0. The summed E-state index contributed by atoms with van der Waals surface area (Å²) in [5.41, 5.74) is 14.9. The van der Waals surface area contributed by atoms with E-state index in [-0.39, 0.29) is 6.04 Å². The van der Waals surface area contributed by atoms with Crippen LogP contribution in [0.1, 0.15) is 48.5 Å². The van der Waals surface area contributed by atoms with E-state index in [1.807, 2.05) is 37.4 Å². The second-order valence-corrected chi connectivity index (χ2v) is 9.69. The first-order valence-electron chi connectivity index (χ1n) is 11.9. The molecule has 6 nitrogen and oxygen atoms in total. The van der Waals surface area contributed by atoms with Crippen molar-refractivity contribution < 1.29 is 0 Å². The van der Waals surface area contributed by atoms with E-state index in [2.05, 4.69) is 65.3 Å². The third kappa shape index (κ3) is 5.09. The number of rotatable bonds is 7. The Balaban J connectivity index is 1.65. The molecule has 1 saturated heterocycles. The van der Waals surface area contributed by atoms with Gasteiger partial charge < -0.3 is 20.5 Å². The van der Waals surface area contributed by atoms with Crippen LogP contribution in [-0.2, 0) is 0 Å². The van der Waals surface area contributed by atoms with Gasteiger partial charge in [-0.2, -0.15) is 0 Å². The molecule has 0 aliphatic carbocycles. The number of fused-ring (bicyclic) bond motifs is 1. The molecule has 3 heterocycles. The molecule has 1 aromatic heterocycles. The molecule has 2 aliphatic rings. The molecule has 0 bridgehead atoms. The lowest BCUT2D eigenvalue weighted by Crippen LogP contribution is -2.23. The van der Waals surface area contributed by atoms with Gasteiger partial charge in [-0.1, -0.05) is 36.4 Å². The summed E-state index contributed by atoms with van der Waals surface area (Å²) in [5, 5.41) is 0.428. The quantitative estimate of drug-likeness (QED) is 0.260. The van der Waals surface area contributed by atoms with Crippen LogP contribution in [-0.4, -0.2) is 35.3 Å². The van der Waals surface area contributed by atoms with Crippen LogP contribution < -0.4 is 10.6 Å². The predicted molar refractivity (Wildman–Crippen MR) is 153 cm³/mol. The fourth-order valence-electron chi connectivity index (χ4n) is 4.75. The molecular formula is C29H33ClN6. The number of aromatic nitrogens is 2. The monoisotopic (exact) mass is 500 g/mol. The van der Waals surface area contributed by atoms with Crippen molar-refractivity contribution in [2.24, 2.45) is 10.7 Å². The van der Waals surface area contributed by atoms with Crippen molar-refractivity contribution in [1.29, 1.82) is 0 Å². The van der Waals surface area contributed by atoms with E-state index >= 15 is 0 Å². The number of hydrogen-bond acceptors (Lipinski definition) is 4. The zero-order valence-corrected chi connectivity index (χ0v) is 22.1. The molecule has 4 rings (SSSR count). The maximum absolute atomic E-state index is 6.27. The molecule has 1 fully saturated rings. The van der Waals surface area contributed by atoms with Crippen LogP contribution >= 0.6 is 11.6 Å². The number of nitrogens with one attached hydrogen (secondary N) is 1. The van der Waals surface area contributed by atoms with Crippen LogP contribution in [0.3, 0.4) is 0 Å². The van der Waals surface area contributed by atoms with Gasteiger partial charge in [-0.05, 0) is 68.7 Å². The molecular weight excluding hydrogens is 468 g/mol. The number of aromatic amines is 1. The topological polar surface area (TPSA) is 73.5 Å². The molecule has 2 aliphatic heterocycles. The summed E-state index contributed by atoms with van der Waals surface area (Å²) in [6, 6.07) is 6.55. The maximum Gasteiger partial charge on any atom is 0.129 e. The molecule has 0 saturated carbocycles. The van der Waals surface area contributed by atoms with Gasteiger partial charge in [0.05, 0.1) is 24.3 Å². The predicted octanol–water partition coefficient (Wildman–Crippen LogP) is 6.44. The second kappa shape index (κ2) is 10.5. The van der Waals surface area contributed by atoms with Gasteiger partial charge in [0.25, 0.3) is 0 Å². The van der Waals surface area contributed by atoms with Crippen LogP contribution in [0.15, 0.2) is 89.0 Å². The maximum atomic E-state index is 6.27. The molecule has 0 spiro atoms. The van der Waals surface area contributed by atoms with Gasteiger partial charge in [-0.15, -0.1) is 0 Å². The number of anilines is 1. The smallest absolute Gasteiger partial charge is 0.129 e. The summed E-state index contributed by atoms with van der Waals surface area (Å²) in [7, 11) is 3.80. The molecule has 0 radical (unpaired) electrons. The van der Waals surface area contributed by atoms with E-state index in [0.717, 1.165) is 52.5 Å². The third-order valence-corrected chi connectivity index (χ3v) is 6.59. The lowest BCUT2D eigenvalue weighted by Gasteiger charge is -2.31. The number of nitrogens with zero attached hydrogens (tertiary/aromatic N) is 4. The van der Waals surface area contributed by atoms with Crippen LogP contribution in [0.25, 0.3) is 11.1 Å². The van der Waals surface area contributed by atoms with Gasteiger partial charge in [0.2, 0.25) is 0 Å². The van der Waals surface area contributed by atoms with Gasteiger partial charge in [0.1, 0.15) is 5.82 Å². The first kappa shape index (κ1) is 25.3. The van der Waals surface area contributed by atoms with E-state index in [9.17, 15) is 0 Å². The minimum absolute atomic E-state index is 0.0683. The Morgan fingerprint density at radius 1 is 1.33 bits per heavy atom. The lowest BCUT2D eigenvalue weighted by molar-refractivity contribution is 0.366. The van der Waals surface area contributed by atoms with Crippen molar-refractivity contribution in [2.45, 2.75) is 32.7 Å². The fourth-order valence-corrected chi connectivity index (χ4v) is 4.92. The molecule has 36 heavy (non-hydrogen) atoms. The van der Waals surface area contributed by atoms with Crippen LogP contribution in [0.4, 0.5) is 5.69 Å². The molecule has 1 atom stereocenters. The number of allylic oxidation sites excluding steroid dienone is 9. The van der Waals surface area contributed by atoms with Gasteiger partial charge in [0.15, 0.2) is 0 Å². The summed E-state index contributed by atoms with van der Waals surface area (Å²) >= 11 is 6.27. The zero-order valence-electron chi connectivity index (χ0n) is 21.3. The van der Waals surface area contributed by atoms with Gasteiger partial charge in [-0.25, -0.2) is 4.98 Å². The summed E-state index contributed by atoms with van der Waals surface area (Å²) in [6.07, 6.45) is 13.6. The van der Waals surface area contributed by atoms with Crippen LogP contribution in [0.5, 0.6) is 0 Å². The van der Waals surface area contributed by atoms with Gasteiger partial charge in [-0.3, -0.25) is 4.99 Å². The Morgan fingerprint density at radius 3 is 2.81 bits per heavy atom. The number of H-pyrrole nitrogens is 1. The SMILES string of the molecule is C=C(Cl)/C(=C\C=C(/C)N)c1cnc(C2CCC3=CC(c4cc(C)ccc4N(C)C=NC)=CC(=C)N32)[nH]1.